The van der Waals surface area contributed by atoms with Crippen LogP contribution in [-0.4, -0.2) is 11.7 Å². The lowest BCUT2D eigenvalue weighted by Gasteiger charge is -2.25. The van der Waals surface area contributed by atoms with E-state index in [-0.39, 0.29) is 6.17 Å². The molecule has 50 heavy (non-hydrogen) atoms. The van der Waals surface area contributed by atoms with Crippen LogP contribution in [0.5, 0.6) is 0 Å². The molecule has 0 saturated carbocycles. The largest absolute Gasteiger partial charge is 0.456 e. The Labute approximate surface area is 287 Å². The van der Waals surface area contributed by atoms with Gasteiger partial charge < -0.3 is 14.2 Å². The number of hydrogen-bond donors (Lipinski definition) is 1. The maximum absolute atomic E-state index is 6.43. The molecular formula is C45H29N3O2. The Hall–Kier alpha value is -6.72. The van der Waals surface area contributed by atoms with Gasteiger partial charge in [0.15, 0.2) is 5.84 Å². The zero-order chi connectivity index (χ0) is 33.0. The number of furan rings is 2. The highest BCUT2D eigenvalue weighted by Gasteiger charge is 2.26. The number of fused-ring (bicyclic) bond motifs is 6. The second-order valence-corrected chi connectivity index (χ2v) is 12.6. The first-order chi connectivity index (χ1) is 24.8. The molecule has 1 aliphatic heterocycles. The van der Waals surface area contributed by atoms with E-state index >= 15 is 0 Å². The van der Waals surface area contributed by atoms with Crippen molar-refractivity contribution in [2.75, 3.05) is 0 Å². The summed E-state index contributed by atoms with van der Waals surface area (Å²) >= 11 is 0. The molecule has 9 aromatic rings. The highest BCUT2D eigenvalue weighted by Crippen LogP contribution is 2.39. The molecule has 1 atom stereocenters. The third-order valence-electron chi connectivity index (χ3n) is 9.58. The fourth-order valence-electron chi connectivity index (χ4n) is 7.15. The van der Waals surface area contributed by atoms with Gasteiger partial charge >= 0.3 is 0 Å². The smallest absolute Gasteiger partial charge is 0.160 e. The van der Waals surface area contributed by atoms with Crippen LogP contribution in [0.2, 0.25) is 0 Å². The van der Waals surface area contributed by atoms with Gasteiger partial charge in [0.05, 0.1) is 0 Å². The van der Waals surface area contributed by atoms with Crippen molar-refractivity contribution < 1.29 is 8.83 Å². The van der Waals surface area contributed by atoms with Crippen LogP contribution in [0.15, 0.2) is 183 Å². The van der Waals surface area contributed by atoms with E-state index in [4.69, 9.17) is 18.8 Å². The van der Waals surface area contributed by atoms with Gasteiger partial charge in [-0.15, -0.1) is 0 Å². The number of hydrogen-bond acceptors (Lipinski definition) is 5. The van der Waals surface area contributed by atoms with E-state index in [2.05, 4.69) is 108 Å². The van der Waals surface area contributed by atoms with E-state index in [1.807, 2.05) is 60.7 Å². The van der Waals surface area contributed by atoms with Crippen LogP contribution in [0.3, 0.4) is 0 Å². The van der Waals surface area contributed by atoms with Crippen LogP contribution in [-0.2, 0) is 0 Å². The average Bonchev–Trinajstić information content (AvgIpc) is 3.76. The molecule has 10 rings (SSSR count). The maximum atomic E-state index is 6.43. The van der Waals surface area contributed by atoms with E-state index in [9.17, 15) is 0 Å². The van der Waals surface area contributed by atoms with Crippen molar-refractivity contribution in [1.29, 1.82) is 0 Å². The third kappa shape index (κ3) is 4.71. The molecule has 0 bridgehead atoms. The molecule has 0 amide bonds. The lowest BCUT2D eigenvalue weighted by molar-refractivity contribution is 0.667. The van der Waals surface area contributed by atoms with Crippen LogP contribution in [0.25, 0.3) is 66.1 Å². The van der Waals surface area contributed by atoms with Crippen molar-refractivity contribution in [3.8, 4) is 22.3 Å². The Morgan fingerprint density at radius 3 is 1.84 bits per heavy atom. The first kappa shape index (κ1) is 28.3. The average molecular weight is 644 g/mol. The van der Waals surface area contributed by atoms with Gasteiger partial charge in [0.25, 0.3) is 0 Å². The lowest BCUT2D eigenvalue weighted by atomic mass is 9.93. The molecule has 0 aliphatic carbocycles. The van der Waals surface area contributed by atoms with Crippen LogP contribution in [0, 0.1) is 0 Å². The third-order valence-corrected chi connectivity index (χ3v) is 9.58. The van der Waals surface area contributed by atoms with Gasteiger partial charge in [-0.1, -0.05) is 121 Å². The number of nitrogens with one attached hydrogen (secondary N) is 1. The van der Waals surface area contributed by atoms with Crippen molar-refractivity contribution in [3.05, 3.63) is 180 Å². The van der Waals surface area contributed by atoms with Gasteiger partial charge in [-0.25, -0.2) is 9.98 Å². The summed E-state index contributed by atoms with van der Waals surface area (Å²) in [5.74, 6) is 1.38. The first-order valence-electron chi connectivity index (χ1n) is 16.8. The quantitative estimate of drug-likeness (QED) is 0.203. The SMILES string of the molecule is c1ccc(-c2ccc(-c3ccc4oc5ccccc5c4c3C3=NC(c4ccccc4)NC(c4ccc5oc6ccccc6c5c4)=N3)cc2)cc1. The minimum absolute atomic E-state index is 0.364. The number of amidine groups is 2. The van der Waals surface area contributed by atoms with Gasteiger partial charge in [0.2, 0.25) is 0 Å². The summed E-state index contributed by atoms with van der Waals surface area (Å²) in [5.41, 5.74) is 10.7. The molecule has 0 saturated heterocycles. The summed E-state index contributed by atoms with van der Waals surface area (Å²) in [6.45, 7) is 0. The van der Waals surface area contributed by atoms with Crippen LogP contribution < -0.4 is 5.32 Å². The molecule has 0 radical (unpaired) electrons. The Morgan fingerprint density at radius 1 is 0.460 bits per heavy atom. The summed E-state index contributed by atoms with van der Waals surface area (Å²) in [7, 11) is 0. The van der Waals surface area contributed by atoms with Crippen molar-refractivity contribution in [1.82, 2.24) is 5.32 Å². The van der Waals surface area contributed by atoms with E-state index in [0.717, 1.165) is 83.1 Å². The Morgan fingerprint density at radius 2 is 1.04 bits per heavy atom. The maximum Gasteiger partial charge on any atom is 0.160 e. The molecule has 7 aromatic carbocycles. The van der Waals surface area contributed by atoms with Crippen molar-refractivity contribution >= 4 is 55.5 Å². The van der Waals surface area contributed by atoms with Gasteiger partial charge in [-0.2, -0.15) is 0 Å². The van der Waals surface area contributed by atoms with Crippen molar-refractivity contribution in [2.24, 2.45) is 9.98 Å². The second-order valence-electron chi connectivity index (χ2n) is 12.6. The molecule has 5 heteroatoms. The molecule has 0 spiro atoms. The number of para-hydroxylation sites is 2. The summed E-state index contributed by atoms with van der Waals surface area (Å²) in [5, 5.41) is 7.81. The van der Waals surface area contributed by atoms with Gasteiger partial charge in [0, 0.05) is 32.7 Å². The predicted octanol–water partition coefficient (Wildman–Crippen LogP) is 11.3. The lowest BCUT2D eigenvalue weighted by Crippen LogP contribution is -2.33. The number of aliphatic imine (C=N–C) groups is 2. The summed E-state index contributed by atoms with van der Waals surface area (Å²) in [6, 6.07) is 56.3. The molecule has 236 valence electrons. The minimum atomic E-state index is -0.364. The predicted molar refractivity (Wildman–Crippen MR) is 204 cm³/mol. The molecule has 1 N–H and O–H groups in total. The van der Waals surface area contributed by atoms with Gasteiger partial charge in [-0.3, -0.25) is 0 Å². The zero-order valence-corrected chi connectivity index (χ0v) is 26.9. The molecule has 1 aliphatic rings. The first-order valence-corrected chi connectivity index (χ1v) is 16.8. The van der Waals surface area contributed by atoms with Crippen molar-refractivity contribution in [2.45, 2.75) is 6.17 Å². The Balaban J connectivity index is 1.21. The summed E-state index contributed by atoms with van der Waals surface area (Å²) in [4.78, 5) is 10.7. The van der Waals surface area contributed by atoms with E-state index in [1.165, 1.54) is 5.56 Å². The number of rotatable bonds is 5. The molecule has 5 nitrogen and oxygen atoms in total. The highest BCUT2D eigenvalue weighted by molar-refractivity contribution is 6.25. The number of nitrogens with zero attached hydrogens (tertiary/aromatic N) is 2. The zero-order valence-electron chi connectivity index (χ0n) is 26.9. The monoisotopic (exact) mass is 643 g/mol. The van der Waals surface area contributed by atoms with E-state index in [1.54, 1.807) is 0 Å². The molecule has 0 fully saturated rings. The van der Waals surface area contributed by atoms with Gasteiger partial charge in [0.1, 0.15) is 34.3 Å². The summed E-state index contributed by atoms with van der Waals surface area (Å²) < 4.78 is 12.6. The minimum Gasteiger partial charge on any atom is -0.456 e. The topological polar surface area (TPSA) is 63.0 Å². The molecular weight excluding hydrogens is 615 g/mol. The Bertz CT molecular complexity index is 2770. The standard InChI is InChI=1S/C45H29N3O2/c1-3-11-28(12-4-1)29-19-21-30(22-20-29)33-24-26-40-41(35-16-8-10-18-38(35)50-40)42(33)45-47-43(31-13-5-2-6-14-31)46-44(48-45)32-23-25-39-36(27-32)34-15-7-9-17-37(34)49-39/h1-27,43H,(H,46,47,48). The fourth-order valence-corrected chi connectivity index (χ4v) is 7.15. The summed E-state index contributed by atoms with van der Waals surface area (Å²) in [6.07, 6.45) is -0.364. The van der Waals surface area contributed by atoms with Crippen LogP contribution in [0.1, 0.15) is 22.9 Å². The molecule has 1 unspecified atom stereocenters. The van der Waals surface area contributed by atoms with E-state index < -0.39 is 0 Å². The van der Waals surface area contributed by atoms with E-state index in [0.29, 0.717) is 5.84 Å². The van der Waals surface area contributed by atoms with Crippen LogP contribution >= 0.6 is 0 Å². The highest BCUT2D eigenvalue weighted by atomic mass is 16.3. The second kappa shape index (κ2) is 11.5. The Kier molecular flexibility index (Phi) is 6.49. The molecule has 3 heterocycles. The van der Waals surface area contributed by atoms with Gasteiger partial charge in [-0.05, 0) is 70.3 Å². The fraction of sp³-hybridized carbons (Fsp3) is 0.0222. The normalized spacial score (nSPS) is 14.6. The van der Waals surface area contributed by atoms with Crippen LogP contribution in [0.4, 0.5) is 0 Å². The molecule has 2 aromatic heterocycles. The number of benzene rings is 7. The van der Waals surface area contributed by atoms with Crippen molar-refractivity contribution in [3.63, 3.8) is 0 Å².